The number of anilines is 2. The maximum atomic E-state index is 13.8. The van der Waals surface area contributed by atoms with Crippen LogP contribution in [0.5, 0.6) is 0 Å². The van der Waals surface area contributed by atoms with Gasteiger partial charge >= 0.3 is 6.03 Å². The molecule has 0 saturated heterocycles. The van der Waals surface area contributed by atoms with Crippen LogP contribution in [0.25, 0.3) is 0 Å². The van der Waals surface area contributed by atoms with E-state index in [2.05, 4.69) is 32.8 Å². The van der Waals surface area contributed by atoms with Crippen molar-refractivity contribution in [1.29, 1.82) is 0 Å². The Kier molecular flexibility index (Phi) is 9.69. The Labute approximate surface area is 257 Å². The number of sulfone groups is 1. The molecule has 0 atom stereocenters. The van der Waals surface area contributed by atoms with Crippen LogP contribution in [0.2, 0.25) is 0 Å². The summed E-state index contributed by atoms with van der Waals surface area (Å²) >= 11 is 0. The van der Waals surface area contributed by atoms with E-state index in [0.717, 1.165) is 18.4 Å². The van der Waals surface area contributed by atoms with Crippen molar-refractivity contribution in [2.75, 3.05) is 16.0 Å². The van der Waals surface area contributed by atoms with Crippen LogP contribution in [-0.2, 0) is 16.4 Å². The van der Waals surface area contributed by atoms with Gasteiger partial charge in [-0.3, -0.25) is 9.69 Å². The average Bonchev–Trinajstić information content (AvgIpc) is 3.84. The third-order valence-corrected chi connectivity index (χ3v) is 9.92. The quantitative estimate of drug-likeness (QED) is 0.0883. The third kappa shape index (κ3) is 8.07. The molecule has 44 heavy (non-hydrogen) atoms. The van der Waals surface area contributed by atoms with E-state index in [1.54, 1.807) is 47.4 Å². The first kappa shape index (κ1) is 30.9. The molecule has 0 unspecified atom stereocenters. The molecule has 2 saturated carbocycles. The van der Waals surface area contributed by atoms with Gasteiger partial charge in [-0.05, 0) is 91.1 Å². The molecule has 0 heterocycles. The first-order valence-corrected chi connectivity index (χ1v) is 16.5. The van der Waals surface area contributed by atoms with Crippen LogP contribution >= 0.6 is 0 Å². The Hall–Kier alpha value is -4.58. The number of amides is 3. The summed E-state index contributed by atoms with van der Waals surface area (Å²) in [6.45, 7) is 0.190. The molecule has 12 heteroatoms. The standard InChI is InChI=1S/C32H37N7O4S/c33-31(37-38-34)36-30(40)26-13-11-22(12-14-26)20-39(28-17-15-25(16-18-28)24-5-2-1-3-6-24)32(41)35-27-7-4-8-29(19-27)44(42,43)21-23-9-10-23/h4,7-8,11-19,23-24H,1-3,5-6,9-10,20-21H2,(H,35,41)(H4,33,34,36,37,40). The van der Waals surface area contributed by atoms with Crippen LogP contribution in [0.3, 0.4) is 0 Å². The summed E-state index contributed by atoms with van der Waals surface area (Å²) in [5.41, 5.74) is 8.87. The fourth-order valence-corrected chi connectivity index (χ4v) is 7.22. The second kappa shape index (κ2) is 13.8. The van der Waals surface area contributed by atoms with Crippen molar-refractivity contribution in [2.45, 2.75) is 62.3 Å². The fraction of sp³-hybridized carbons (Fsp3) is 0.344. The van der Waals surface area contributed by atoms with Crippen molar-refractivity contribution in [3.05, 3.63) is 89.5 Å². The Morgan fingerprint density at radius 1 is 0.909 bits per heavy atom. The van der Waals surface area contributed by atoms with E-state index in [9.17, 15) is 18.0 Å². The smallest absolute Gasteiger partial charge is 0.326 e. The van der Waals surface area contributed by atoms with Crippen molar-refractivity contribution in [3.8, 4) is 0 Å². The Morgan fingerprint density at radius 3 is 2.27 bits per heavy atom. The minimum Gasteiger partial charge on any atom is -0.366 e. The van der Waals surface area contributed by atoms with Crippen molar-refractivity contribution in [1.82, 2.24) is 0 Å². The van der Waals surface area contributed by atoms with Gasteiger partial charge in [0.2, 0.25) is 5.96 Å². The number of aliphatic imine (C=N–C) groups is 1. The fourth-order valence-electron chi connectivity index (χ4n) is 5.48. The predicted molar refractivity (Wildman–Crippen MR) is 170 cm³/mol. The second-order valence-electron chi connectivity index (χ2n) is 11.4. The van der Waals surface area contributed by atoms with Crippen LogP contribution < -0.4 is 21.8 Å². The zero-order chi connectivity index (χ0) is 31.1. The van der Waals surface area contributed by atoms with E-state index >= 15 is 0 Å². The number of benzene rings is 3. The number of guanidine groups is 1. The van der Waals surface area contributed by atoms with Gasteiger partial charge in [0.25, 0.3) is 5.91 Å². The van der Waals surface area contributed by atoms with Crippen molar-refractivity contribution in [3.63, 3.8) is 0 Å². The molecule has 3 amide bonds. The predicted octanol–water partition coefficient (Wildman–Crippen LogP) is 5.94. The molecule has 230 valence electrons. The first-order chi connectivity index (χ1) is 21.2. The summed E-state index contributed by atoms with van der Waals surface area (Å²) in [4.78, 5) is 31.6. The van der Waals surface area contributed by atoms with E-state index in [1.165, 1.54) is 43.7 Å². The summed E-state index contributed by atoms with van der Waals surface area (Å²) < 4.78 is 25.7. The maximum absolute atomic E-state index is 13.8. The van der Waals surface area contributed by atoms with Crippen molar-refractivity contribution in [2.24, 2.45) is 32.8 Å². The lowest BCUT2D eigenvalue weighted by Crippen LogP contribution is -2.34. The maximum Gasteiger partial charge on any atom is 0.326 e. The average molecular weight is 616 g/mol. The van der Waals surface area contributed by atoms with Crippen LogP contribution in [-0.4, -0.2) is 32.1 Å². The normalized spacial score (nSPS) is 16.1. The molecule has 2 aliphatic rings. The molecular formula is C32H37N7O4S. The highest BCUT2D eigenvalue weighted by Crippen LogP contribution is 2.34. The zero-order valence-electron chi connectivity index (χ0n) is 24.4. The second-order valence-corrected chi connectivity index (χ2v) is 13.4. The van der Waals surface area contributed by atoms with Gasteiger partial charge in [-0.25, -0.2) is 13.2 Å². The van der Waals surface area contributed by atoms with Gasteiger partial charge < -0.3 is 16.9 Å². The molecule has 3 aromatic carbocycles. The first-order valence-electron chi connectivity index (χ1n) is 14.8. The third-order valence-electron chi connectivity index (χ3n) is 8.04. The monoisotopic (exact) mass is 615 g/mol. The minimum atomic E-state index is -3.44. The van der Waals surface area contributed by atoms with Gasteiger partial charge in [0.05, 0.1) is 17.2 Å². The van der Waals surface area contributed by atoms with Crippen LogP contribution in [0.4, 0.5) is 16.2 Å². The molecule has 0 aliphatic heterocycles. The number of hydrogen-bond acceptors (Lipinski definition) is 5. The van der Waals surface area contributed by atoms with Gasteiger partial charge in [-0.1, -0.05) is 59.9 Å². The molecule has 0 spiro atoms. The number of urea groups is 1. The lowest BCUT2D eigenvalue weighted by Gasteiger charge is -2.26. The van der Waals surface area contributed by atoms with Crippen LogP contribution in [0.15, 0.2) is 93.0 Å². The Morgan fingerprint density at radius 2 is 1.61 bits per heavy atom. The van der Waals surface area contributed by atoms with E-state index in [1.807, 2.05) is 12.1 Å². The molecule has 2 fully saturated rings. The summed E-state index contributed by atoms with van der Waals surface area (Å²) in [7, 11) is -3.44. The lowest BCUT2D eigenvalue weighted by molar-refractivity contribution is 0.100. The number of nitrogens with one attached hydrogen (secondary N) is 1. The van der Waals surface area contributed by atoms with E-state index in [-0.39, 0.29) is 34.6 Å². The molecular weight excluding hydrogens is 578 g/mol. The largest absolute Gasteiger partial charge is 0.366 e. The van der Waals surface area contributed by atoms with E-state index < -0.39 is 21.8 Å². The Bertz CT molecular complexity index is 1640. The zero-order valence-corrected chi connectivity index (χ0v) is 25.2. The Balaban J connectivity index is 1.38. The lowest BCUT2D eigenvalue weighted by atomic mass is 9.84. The van der Waals surface area contributed by atoms with Gasteiger partial charge in [0, 0.05) is 16.9 Å². The number of rotatable bonds is 9. The van der Waals surface area contributed by atoms with Gasteiger partial charge in [0.1, 0.15) is 0 Å². The summed E-state index contributed by atoms with van der Waals surface area (Å²) in [6, 6.07) is 20.7. The summed E-state index contributed by atoms with van der Waals surface area (Å²) in [5, 5.41) is 9.23. The SMILES string of the molecule is N/N=N\C(N)=NC(=O)c1ccc(CN(C(=O)Nc2cccc(S(=O)(=O)CC3CC3)c2)c2ccc(C3CCCCC3)cc2)cc1. The molecule has 0 bridgehead atoms. The molecule has 5 N–H and O–H groups in total. The van der Waals surface area contributed by atoms with E-state index in [0.29, 0.717) is 17.3 Å². The topological polar surface area (TPSA) is 173 Å². The van der Waals surface area contributed by atoms with Crippen LogP contribution in [0, 0.1) is 5.92 Å². The molecule has 0 radical (unpaired) electrons. The minimum absolute atomic E-state index is 0.122. The molecule has 3 aromatic rings. The van der Waals surface area contributed by atoms with Gasteiger partial charge in [0.15, 0.2) is 9.84 Å². The summed E-state index contributed by atoms with van der Waals surface area (Å²) in [6.07, 6.45) is 7.92. The number of carbonyl (C=O) groups excluding carboxylic acids is 2. The summed E-state index contributed by atoms with van der Waals surface area (Å²) in [5.74, 6) is 4.84. The molecule has 0 aromatic heterocycles. The van der Waals surface area contributed by atoms with E-state index in [4.69, 9.17) is 11.6 Å². The highest BCUT2D eigenvalue weighted by molar-refractivity contribution is 7.91. The highest BCUT2D eigenvalue weighted by Gasteiger charge is 2.29. The van der Waals surface area contributed by atoms with Gasteiger partial charge in [-0.15, -0.1) is 0 Å². The van der Waals surface area contributed by atoms with Crippen molar-refractivity contribution >= 4 is 39.1 Å². The van der Waals surface area contributed by atoms with Gasteiger partial charge in [-0.2, -0.15) is 4.99 Å². The molecule has 11 nitrogen and oxygen atoms in total. The number of hydrogen-bond donors (Lipinski definition) is 3. The number of nitrogens with zero attached hydrogens (tertiary/aromatic N) is 4. The van der Waals surface area contributed by atoms with Crippen LogP contribution in [0.1, 0.15) is 72.3 Å². The number of nitrogens with two attached hydrogens (primary N) is 2. The number of carbonyl (C=O) groups is 2. The van der Waals surface area contributed by atoms with Crippen molar-refractivity contribution < 1.29 is 18.0 Å². The molecule has 2 aliphatic carbocycles. The highest BCUT2D eigenvalue weighted by atomic mass is 32.2. The molecule has 5 rings (SSSR count).